The van der Waals surface area contributed by atoms with Gasteiger partial charge < -0.3 is 4.74 Å². The van der Waals surface area contributed by atoms with E-state index in [4.69, 9.17) is 0 Å². The molecule has 5 heteroatoms. The third kappa shape index (κ3) is 1.75. The summed E-state index contributed by atoms with van der Waals surface area (Å²) in [6, 6.07) is 4.77. The first-order valence-corrected chi connectivity index (χ1v) is 4.32. The van der Waals surface area contributed by atoms with E-state index in [-0.39, 0.29) is 5.75 Å². The average molecular weight is 201 g/mol. The topological polar surface area (TPSA) is 22.1 Å². The summed E-state index contributed by atoms with van der Waals surface area (Å²) in [6.45, 7) is -2.77. The van der Waals surface area contributed by atoms with Crippen molar-refractivity contribution in [2.45, 2.75) is 6.61 Å². The van der Waals surface area contributed by atoms with Gasteiger partial charge in [0.2, 0.25) is 0 Å². The van der Waals surface area contributed by atoms with Crippen molar-refractivity contribution in [3.8, 4) is 5.75 Å². The van der Waals surface area contributed by atoms with Gasteiger partial charge in [-0.1, -0.05) is 0 Å². The summed E-state index contributed by atoms with van der Waals surface area (Å²) in [7, 11) is 0. The normalized spacial score (nSPS) is 11.0. The predicted molar refractivity (Wildman–Crippen MR) is 46.3 cm³/mol. The number of fused-ring (bicyclic) bond motifs is 1. The largest absolute Gasteiger partial charge is 0.435 e. The summed E-state index contributed by atoms with van der Waals surface area (Å²) in [5.74, 6) is 0.169. The fourth-order valence-corrected chi connectivity index (χ4v) is 1.65. The Labute approximate surface area is 76.9 Å². The van der Waals surface area contributed by atoms with Gasteiger partial charge in [-0.3, -0.25) is 0 Å². The van der Waals surface area contributed by atoms with E-state index in [2.05, 4.69) is 9.11 Å². The van der Waals surface area contributed by atoms with E-state index in [0.29, 0.717) is 0 Å². The predicted octanol–water partition coefficient (Wildman–Crippen LogP) is 2.90. The van der Waals surface area contributed by atoms with Gasteiger partial charge in [-0.05, 0) is 29.7 Å². The molecule has 1 aromatic carbocycles. The van der Waals surface area contributed by atoms with E-state index in [1.165, 1.54) is 17.6 Å². The summed E-state index contributed by atoms with van der Waals surface area (Å²) < 4.78 is 32.7. The molecule has 0 radical (unpaired) electrons. The number of rotatable bonds is 2. The van der Waals surface area contributed by atoms with Gasteiger partial charge in [0.1, 0.15) is 5.75 Å². The van der Waals surface area contributed by atoms with Crippen LogP contribution in [0.3, 0.4) is 0 Å². The zero-order chi connectivity index (χ0) is 9.26. The van der Waals surface area contributed by atoms with Crippen molar-refractivity contribution in [1.82, 2.24) is 4.37 Å². The fourth-order valence-electron chi connectivity index (χ4n) is 1.03. The first-order valence-electron chi connectivity index (χ1n) is 3.55. The van der Waals surface area contributed by atoms with Crippen molar-refractivity contribution >= 4 is 21.6 Å². The number of halogens is 2. The highest BCUT2D eigenvalue weighted by molar-refractivity contribution is 7.13. The van der Waals surface area contributed by atoms with Crippen LogP contribution >= 0.6 is 11.5 Å². The van der Waals surface area contributed by atoms with Crippen LogP contribution in [0, 0.1) is 0 Å². The Morgan fingerprint density at radius 2 is 2.23 bits per heavy atom. The van der Waals surface area contributed by atoms with Crippen LogP contribution in [0.5, 0.6) is 5.75 Å². The lowest BCUT2D eigenvalue weighted by Crippen LogP contribution is -2.01. The molecule has 0 bridgehead atoms. The average Bonchev–Trinajstić information content (AvgIpc) is 2.49. The van der Waals surface area contributed by atoms with Crippen LogP contribution in [0.15, 0.2) is 24.4 Å². The Hall–Kier alpha value is -1.23. The first kappa shape index (κ1) is 8.37. The number of hydrogen-bond acceptors (Lipinski definition) is 3. The van der Waals surface area contributed by atoms with Crippen molar-refractivity contribution in [3.63, 3.8) is 0 Å². The zero-order valence-electron chi connectivity index (χ0n) is 6.41. The molecule has 68 valence electrons. The van der Waals surface area contributed by atoms with Gasteiger partial charge in [-0.15, -0.1) is 0 Å². The summed E-state index contributed by atoms with van der Waals surface area (Å²) in [5, 5.41) is 0.822. The Morgan fingerprint density at radius 1 is 1.38 bits per heavy atom. The van der Waals surface area contributed by atoms with Crippen LogP contribution in [-0.4, -0.2) is 11.0 Å². The lowest BCUT2D eigenvalue weighted by molar-refractivity contribution is -0.0497. The van der Waals surface area contributed by atoms with Gasteiger partial charge in [0.15, 0.2) is 0 Å². The number of nitrogens with zero attached hydrogens (tertiary/aromatic N) is 1. The van der Waals surface area contributed by atoms with Gasteiger partial charge in [0, 0.05) is 11.6 Å². The number of hydrogen-bond donors (Lipinski definition) is 0. The van der Waals surface area contributed by atoms with Crippen LogP contribution in [-0.2, 0) is 0 Å². The summed E-state index contributed by atoms with van der Waals surface area (Å²) >= 11 is 1.32. The number of aromatic nitrogens is 1. The van der Waals surface area contributed by atoms with E-state index >= 15 is 0 Å². The van der Waals surface area contributed by atoms with E-state index in [0.717, 1.165) is 10.1 Å². The maximum absolute atomic E-state index is 11.8. The number of ether oxygens (including phenoxy) is 1. The van der Waals surface area contributed by atoms with Gasteiger partial charge >= 0.3 is 6.61 Å². The molecule has 0 aliphatic heterocycles. The molecular weight excluding hydrogens is 196 g/mol. The third-order valence-electron chi connectivity index (χ3n) is 1.55. The second-order valence-electron chi connectivity index (χ2n) is 2.40. The minimum Gasteiger partial charge on any atom is -0.435 e. The molecule has 0 saturated heterocycles. The molecule has 0 aliphatic carbocycles. The third-order valence-corrected chi connectivity index (χ3v) is 2.33. The molecule has 0 spiro atoms. The SMILES string of the molecule is FC(F)Oc1ccc2sncc2c1. The van der Waals surface area contributed by atoms with Crippen LogP contribution in [0.1, 0.15) is 0 Å². The van der Waals surface area contributed by atoms with E-state index in [1.54, 1.807) is 18.3 Å². The molecule has 2 aromatic rings. The molecule has 0 amide bonds. The van der Waals surface area contributed by atoms with Crippen LogP contribution in [0.4, 0.5) is 8.78 Å². The molecule has 0 atom stereocenters. The van der Waals surface area contributed by atoms with Crippen LogP contribution < -0.4 is 4.74 Å². The highest BCUT2D eigenvalue weighted by Crippen LogP contribution is 2.24. The molecule has 0 aliphatic rings. The molecule has 2 nitrogen and oxygen atoms in total. The second-order valence-corrected chi connectivity index (χ2v) is 3.24. The highest BCUT2D eigenvalue weighted by atomic mass is 32.1. The van der Waals surface area contributed by atoms with E-state index in [9.17, 15) is 8.78 Å². The Bertz CT molecular complexity index is 415. The lowest BCUT2D eigenvalue weighted by atomic mass is 10.3. The molecule has 0 unspecified atom stereocenters. The maximum Gasteiger partial charge on any atom is 0.387 e. The van der Waals surface area contributed by atoms with E-state index in [1.807, 2.05) is 0 Å². The zero-order valence-corrected chi connectivity index (χ0v) is 7.22. The second kappa shape index (κ2) is 3.26. The molecule has 0 N–H and O–H groups in total. The van der Waals surface area contributed by atoms with Crippen molar-refractivity contribution < 1.29 is 13.5 Å². The fraction of sp³-hybridized carbons (Fsp3) is 0.125. The summed E-state index contributed by atoms with van der Waals surface area (Å²) in [4.78, 5) is 0. The molecule has 13 heavy (non-hydrogen) atoms. The Kier molecular flexibility index (Phi) is 2.10. The monoisotopic (exact) mass is 201 g/mol. The Morgan fingerprint density at radius 3 is 3.00 bits per heavy atom. The first-order chi connectivity index (χ1) is 6.25. The van der Waals surface area contributed by atoms with Gasteiger partial charge in [-0.2, -0.15) is 13.2 Å². The van der Waals surface area contributed by atoms with E-state index < -0.39 is 6.61 Å². The Balaban J connectivity index is 2.37. The van der Waals surface area contributed by atoms with Crippen molar-refractivity contribution in [1.29, 1.82) is 0 Å². The van der Waals surface area contributed by atoms with Crippen molar-refractivity contribution in [2.75, 3.05) is 0 Å². The summed E-state index contributed by atoms with van der Waals surface area (Å²) in [5.41, 5.74) is 0. The lowest BCUT2D eigenvalue weighted by Gasteiger charge is -2.02. The number of benzene rings is 1. The number of alkyl halides is 2. The molecule has 1 aromatic heterocycles. The summed E-state index contributed by atoms with van der Waals surface area (Å²) in [6.07, 6.45) is 1.62. The van der Waals surface area contributed by atoms with Crippen molar-refractivity contribution in [3.05, 3.63) is 24.4 Å². The maximum atomic E-state index is 11.8. The standard InChI is InChI=1S/C8H5F2NOS/c9-8(10)12-6-1-2-7-5(3-6)4-11-13-7/h1-4,8H. The molecule has 0 saturated carbocycles. The van der Waals surface area contributed by atoms with Crippen LogP contribution in [0.2, 0.25) is 0 Å². The molecule has 1 heterocycles. The molecule has 0 fully saturated rings. The quantitative estimate of drug-likeness (QED) is 0.745. The van der Waals surface area contributed by atoms with Gasteiger partial charge in [0.25, 0.3) is 0 Å². The van der Waals surface area contributed by atoms with Crippen LogP contribution in [0.25, 0.3) is 10.1 Å². The minimum absolute atomic E-state index is 0.169. The van der Waals surface area contributed by atoms with Gasteiger partial charge in [0.05, 0.1) is 4.70 Å². The molecular formula is C8H5F2NOS. The van der Waals surface area contributed by atoms with Crippen molar-refractivity contribution in [2.24, 2.45) is 0 Å². The highest BCUT2D eigenvalue weighted by Gasteiger charge is 2.05. The van der Waals surface area contributed by atoms with Gasteiger partial charge in [-0.25, -0.2) is 0 Å². The molecule has 2 rings (SSSR count). The minimum atomic E-state index is -2.77. The smallest absolute Gasteiger partial charge is 0.387 e.